The minimum atomic E-state index is -4.52. The maximum atomic E-state index is 13.1. The number of halogens is 4. The molecule has 0 aliphatic rings. The van der Waals surface area contributed by atoms with Crippen molar-refractivity contribution in [3.63, 3.8) is 0 Å². The summed E-state index contributed by atoms with van der Waals surface area (Å²) in [5, 5.41) is 9.75. The normalized spacial score (nSPS) is 12.7. The molecule has 5 heterocycles. The third-order valence-electron chi connectivity index (χ3n) is 4.73. The van der Waals surface area contributed by atoms with Crippen LogP contribution in [0.4, 0.5) is 13.2 Å². The van der Waals surface area contributed by atoms with E-state index in [0.717, 1.165) is 23.1 Å². The summed E-state index contributed by atoms with van der Waals surface area (Å²) >= 11 is 7.44. The van der Waals surface area contributed by atoms with Crippen molar-refractivity contribution in [2.24, 2.45) is 7.05 Å². The van der Waals surface area contributed by atoms with Crippen LogP contribution in [0.25, 0.3) is 37.6 Å². The fourth-order valence-electron chi connectivity index (χ4n) is 3.18. The summed E-state index contributed by atoms with van der Waals surface area (Å²) in [4.78, 5) is 13.0. The first kappa shape index (κ1) is 18.3. The molecule has 29 heavy (non-hydrogen) atoms. The number of nitrogens with zero attached hydrogens (tertiary/aromatic N) is 7. The molecular formula is C17H11ClF3N7S. The average molecular weight is 438 g/mol. The standard InChI is InChI=1S/C17H11ClF3N7S/c1-6-4-8(17(19,20)21)23-16-9(6)11-13(29-16)15-24-14(26-28(15)5-22-11)12-10(18)7(2)27(3)25-12/h4-5H,1-3H3. The Morgan fingerprint density at radius 1 is 1.14 bits per heavy atom. The van der Waals surface area contributed by atoms with Gasteiger partial charge in [-0.05, 0) is 25.5 Å². The molecule has 0 aromatic carbocycles. The molecule has 5 aromatic rings. The van der Waals surface area contributed by atoms with Crippen LogP contribution in [0.2, 0.25) is 5.02 Å². The highest BCUT2D eigenvalue weighted by atomic mass is 35.5. The van der Waals surface area contributed by atoms with E-state index in [9.17, 15) is 13.2 Å². The minimum Gasteiger partial charge on any atom is -0.271 e. The van der Waals surface area contributed by atoms with Gasteiger partial charge in [-0.15, -0.1) is 16.4 Å². The highest BCUT2D eigenvalue weighted by Gasteiger charge is 2.33. The van der Waals surface area contributed by atoms with Crippen LogP contribution in [0.1, 0.15) is 17.0 Å². The van der Waals surface area contributed by atoms with Crippen molar-refractivity contribution in [3.05, 3.63) is 34.4 Å². The molecule has 0 bridgehead atoms. The zero-order chi connectivity index (χ0) is 20.7. The molecule has 0 atom stereocenters. The van der Waals surface area contributed by atoms with E-state index in [-0.39, 0.29) is 4.83 Å². The Bertz CT molecular complexity index is 1450. The van der Waals surface area contributed by atoms with Crippen molar-refractivity contribution >= 4 is 49.0 Å². The van der Waals surface area contributed by atoms with Crippen LogP contribution >= 0.6 is 22.9 Å². The smallest absolute Gasteiger partial charge is 0.271 e. The van der Waals surface area contributed by atoms with E-state index in [4.69, 9.17) is 11.6 Å². The number of aromatic nitrogens is 7. The number of fused-ring (bicyclic) bond motifs is 5. The second-order valence-electron chi connectivity index (χ2n) is 6.60. The van der Waals surface area contributed by atoms with Crippen LogP contribution in [0.5, 0.6) is 0 Å². The van der Waals surface area contributed by atoms with Gasteiger partial charge in [0.1, 0.15) is 21.6 Å². The van der Waals surface area contributed by atoms with Gasteiger partial charge in [0.15, 0.2) is 11.3 Å². The third kappa shape index (κ3) is 2.60. The SMILES string of the molecule is Cc1cc(C(F)(F)F)nc2sc3c(ncn4nc(-c5nn(C)c(C)c5Cl)nc34)c12. The van der Waals surface area contributed by atoms with Gasteiger partial charge in [0.05, 0.1) is 16.2 Å². The van der Waals surface area contributed by atoms with Crippen LogP contribution in [0, 0.1) is 13.8 Å². The fraction of sp³-hybridized carbons (Fsp3) is 0.235. The summed E-state index contributed by atoms with van der Waals surface area (Å²) in [6, 6.07) is 1.03. The lowest BCUT2D eigenvalue weighted by atomic mass is 10.1. The number of pyridine rings is 1. The van der Waals surface area contributed by atoms with Crippen molar-refractivity contribution in [2.45, 2.75) is 20.0 Å². The lowest BCUT2D eigenvalue weighted by Crippen LogP contribution is -2.07. The largest absolute Gasteiger partial charge is 0.433 e. The number of alkyl halides is 3. The number of thiophene rings is 1. The minimum absolute atomic E-state index is 0.254. The Morgan fingerprint density at radius 2 is 1.90 bits per heavy atom. The zero-order valence-corrected chi connectivity index (χ0v) is 16.8. The van der Waals surface area contributed by atoms with Crippen molar-refractivity contribution in [2.75, 3.05) is 0 Å². The van der Waals surface area contributed by atoms with E-state index in [1.165, 1.54) is 10.8 Å². The summed E-state index contributed by atoms with van der Waals surface area (Å²) in [5.74, 6) is 0.311. The van der Waals surface area contributed by atoms with E-state index >= 15 is 0 Å². The summed E-state index contributed by atoms with van der Waals surface area (Å²) in [5.41, 5.74) is 1.72. The Labute approximate surface area is 169 Å². The first-order chi connectivity index (χ1) is 13.6. The van der Waals surface area contributed by atoms with Gasteiger partial charge in [-0.2, -0.15) is 18.3 Å². The molecule has 0 saturated heterocycles. The van der Waals surface area contributed by atoms with Crippen molar-refractivity contribution in [1.82, 2.24) is 34.3 Å². The summed E-state index contributed by atoms with van der Waals surface area (Å²) < 4.78 is 43.1. The molecule has 12 heteroatoms. The molecule has 0 fully saturated rings. The molecule has 5 rings (SSSR count). The maximum Gasteiger partial charge on any atom is 0.433 e. The molecule has 0 aliphatic heterocycles. The molecule has 148 valence electrons. The maximum absolute atomic E-state index is 13.1. The first-order valence-electron chi connectivity index (χ1n) is 8.37. The van der Waals surface area contributed by atoms with Crippen LogP contribution in [-0.4, -0.2) is 34.3 Å². The van der Waals surface area contributed by atoms with Gasteiger partial charge >= 0.3 is 6.18 Å². The molecule has 0 unspecified atom stereocenters. The third-order valence-corrected chi connectivity index (χ3v) is 6.25. The number of rotatable bonds is 1. The molecule has 0 spiro atoms. The van der Waals surface area contributed by atoms with E-state index in [1.54, 1.807) is 18.7 Å². The van der Waals surface area contributed by atoms with Crippen LogP contribution < -0.4 is 0 Å². The Morgan fingerprint density at radius 3 is 2.55 bits per heavy atom. The number of hydrogen-bond acceptors (Lipinski definition) is 6. The molecule has 0 aliphatic carbocycles. The molecular weight excluding hydrogens is 427 g/mol. The van der Waals surface area contributed by atoms with Crippen molar-refractivity contribution in [1.29, 1.82) is 0 Å². The lowest BCUT2D eigenvalue weighted by molar-refractivity contribution is -0.141. The van der Waals surface area contributed by atoms with Crippen molar-refractivity contribution < 1.29 is 13.2 Å². The zero-order valence-electron chi connectivity index (χ0n) is 15.2. The van der Waals surface area contributed by atoms with Crippen molar-refractivity contribution in [3.8, 4) is 11.5 Å². The van der Waals surface area contributed by atoms with E-state index in [1.807, 2.05) is 6.92 Å². The highest BCUT2D eigenvalue weighted by Crippen LogP contribution is 2.39. The van der Waals surface area contributed by atoms with E-state index in [2.05, 4.69) is 25.1 Å². The summed E-state index contributed by atoms with van der Waals surface area (Å²) in [6.45, 7) is 3.44. The predicted octanol–water partition coefficient (Wildman–Crippen LogP) is 4.58. The molecule has 0 N–H and O–H groups in total. The predicted molar refractivity (Wildman–Crippen MR) is 103 cm³/mol. The summed E-state index contributed by atoms with van der Waals surface area (Å²) in [7, 11) is 1.76. The summed E-state index contributed by atoms with van der Waals surface area (Å²) in [6.07, 6.45) is -3.05. The second kappa shape index (κ2) is 5.86. The Kier molecular flexibility index (Phi) is 3.69. The molecule has 7 nitrogen and oxygen atoms in total. The van der Waals surface area contributed by atoms with Crippen LogP contribution in [-0.2, 0) is 13.2 Å². The first-order valence-corrected chi connectivity index (χ1v) is 9.56. The lowest BCUT2D eigenvalue weighted by Gasteiger charge is -2.06. The van der Waals surface area contributed by atoms with Crippen LogP contribution in [0.15, 0.2) is 12.4 Å². The van der Waals surface area contributed by atoms with Gasteiger partial charge in [-0.1, -0.05) is 11.6 Å². The second-order valence-corrected chi connectivity index (χ2v) is 7.98. The molecule has 0 radical (unpaired) electrons. The fourth-order valence-corrected chi connectivity index (χ4v) is 4.60. The van der Waals surface area contributed by atoms with E-state index < -0.39 is 11.9 Å². The Hall–Kier alpha value is -2.79. The van der Waals surface area contributed by atoms with Crippen LogP contribution in [0.3, 0.4) is 0 Å². The Balaban J connectivity index is 1.80. The van der Waals surface area contributed by atoms with Gasteiger partial charge in [-0.25, -0.2) is 19.5 Å². The monoisotopic (exact) mass is 437 g/mol. The van der Waals surface area contributed by atoms with Gasteiger partial charge in [-0.3, -0.25) is 4.68 Å². The quantitative estimate of drug-likeness (QED) is 0.384. The topological polar surface area (TPSA) is 73.8 Å². The molecule has 0 saturated carbocycles. The van der Waals surface area contributed by atoms with Gasteiger partial charge in [0, 0.05) is 12.4 Å². The van der Waals surface area contributed by atoms with Gasteiger partial charge < -0.3 is 0 Å². The van der Waals surface area contributed by atoms with Gasteiger partial charge in [0.2, 0.25) is 5.82 Å². The number of aryl methyl sites for hydroxylation is 2. The van der Waals surface area contributed by atoms with E-state index in [0.29, 0.717) is 43.4 Å². The number of hydrogen-bond donors (Lipinski definition) is 0. The van der Waals surface area contributed by atoms with Gasteiger partial charge in [0.25, 0.3) is 0 Å². The molecule has 0 amide bonds. The average Bonchev–Trinajstić information content (AvgIpc) is 3.30. The highest BCUT2D eigenvalue weighted by molar-refractivity contribution is 7.26. The molecule has 5 aromatic heterocycles.